The van der Waals surface area contributed by atoms with Crippen molar-refractivity contribution < 1.29 is 23.7 Å². The Bertz CT molecular complexity index is 1250. The van der Waals surface area contributed by atoms with Crippen LogP contribution in [0.2, 0.25) is 0 Å². The minimum atomic E-state index is -0.114. The Morgan fingerprint density at radius 2 is 1.95 bits per heavy atom. The number of hydrogen-bond donors (Lipinski definition) is 1. The molecule has 1 aromatic heterocycles. The molecule has 0 saturated carbocycles. The van der Waals surface area contributed by atoms with Crippen LogP contribution in [0.3, 0.4) is 0 Å². The predicted octanol–water partition coefficient (Wildman–Crippen LogP) is 3.05. The molecular weight excluding hydrogens is 474 g/mol. The summed E-state index contributed by atoms with van der Waals surface area (Å²) in [6.07, 6.45) is 3.55. The van der Waals surface area contributed by atoms with Crippen LogP contribution in [0, 0.1) is 0 Å². The van der Waals surface area contributed by atoms with E-state index in [2.05, 4.69) is 33.5 Å². The van der Waals surface area contributed by atoms with Crippen LogP contribution in [0.15, 0.2) is 42.6 Å². The molecule has 1 unspecified atom stereocenters. The van der Waals surface area contributed by atoms with E-state index in [4.69, 9.17) is 18.9 Å². The molecule has 3 aliphatic heterocycles. The van der Waals surface area contributed by atoms with Crippen LogP contribution in [0.1, 0.15) is 41.4 Å². The number of methoxy groups -OCH3 is 2. The van der Waals surface area contributed by atoms with Gasteiger partial charge in [-0.05, 0) is 44.0 Å². The van der Waals surface area contributed by atoms with Crippen molar-refractivity contribution in [2.75, 3.05) is 27.4 Å². The normalized spacial score (nSPS) is 22.1. The fourth-order valence-corrected chi connectivity index (χ4v) is 4.92. The summed E-state index contributed by atoms with van der Waals surface area (Å²) in [5.41, 5.74) is 2.30. The van der Waals surface area contributed by atoms with Gasteiger partial charge in [0.2, 0.25) is 0 Å². The highest BCUT2D eigenvalue weighted by atomic mass is 16.5. The van der Waals surface area contributed by atoms with E-state index >= 15 is 0 Å². The molecule has 10 heteroatoms. The zero-order chi connectivity index (χ0) is 25.8. The van der Waals surface area contributed by atoms with Crippen molar-refractivity contribution in [3.8, 4) is 23.0 Å². The minimum Gasteiger partial charge on any atom is -0.493 e. The number of benzene rings is 2. The summed E-state index contributed by atoms with van der Waals surface area (Å²) < 4.78 is 25.0. The highest BCUT2D eigenvalue weighted by molar-refractivity contribution is 5.95. The number of rotatable bonds is 2. The number of nitrogens with one attached hydrogen (secondary N) is 1. The number of para-hydroxylation sites is 1. The van der Waals surface area contributed by atoms with Gasteiger partial charge in [-0.2, -0.15) is 0 Å². The molecular formula is C27H33N5O5. The number of amides is 1. The summed E-state index contributed by atoms with van der Waals surface area (Å²) in [5, 5.41) is 11.7. The Kier molecular flexibility index (Phi) is 7.45. The van der Waals surface area contributed by atoms with Gasteiger partial charge in [0.05, 0.1) is 27.0 Å². The van der Waals surface area contributed by atoms with Crippen LogP contribution >= 0.6 is 0 Å². The number of carbonyl (C=O) groups is 1. The molecule has 0 radical (unpaired) electrons. The first-order valence-corrected chi connectivity index (χ1v) is 12.6. The van der Waals surface area contributed by atoms with E-state index in [-0.39, 0.29) is 24.6 Å². The average Bonchev–Trinajstić information content (AvgIpc) is 3.36. The van der Waals surface area contributed by atoms with Gasteiger partial charge in [-0.15, -0.1) is 5.10 Å². The molecule has 1 saturated heterocycles. The van der Waals surface area contributed by atoms with Crippen molar-refractivity contribution in [3.05, 3.63) is 59.4 Å². The Balaban J connectivity index is 1.44. The second-order valence-corrected chi connectivity index (χ2v) is 9.44. The van der Waals surface area contributed by atoms with E-state index in [1.165, 1.54) is 0 Å². The number of ether oxygens (including phenoxy) is 4. The van der Waals surface area contributed by atoms with Crippen molar-refractivity contribution in [1.82, 2.24) is 25.2 Å². The van der Waals surface area contributed by atoms with E-state index in [0.29, 0.717) is 47.4 Å². The molecule has 0 aliphatic carbocycles. The zero-order valence-electron chi connectivity index (χ0n) is 21.5. The Morgan fingerprint density at radius 3 is 2.76 bits per heavy atom. The van der Waals surface area contributed by atoms with Crippen molar-refractivity contribution in [3.63, 3.8) is 0 Å². The molecule has 10 nitrogen and oxygen atoms in total. The molecule has 1 N–H and O–H groups in total. The largest absolute Gasteiger partial charge is 0.493 e. The van der Waals surface area contributed by atoms with Gasteiger partial charge in [0.25, 0.3) is 5.91 Å². The Morgan fingerprint density at radius 1 is 1.08 bits per heavy atom. The van der Waals surface area contributed by atoms with Gasteiger partial charge in [-0.1, -0.05) is 17.3 Å². The first-order chi connectivity index (χ1) is 18.0. The van der Waals surface area contributed by atoms with Crippen LogP contribution < -0.4 is 24.3 Å². The summed E-state index contributed by atoms with van der Waals surface area (Å²) >= 11 is 0. The van der Waals surface area contributed by atoms with E-state index in [0.717, 1.165) is 31.5 Å². The predicted molar refractivity (Wildman–Crippen MR) is 136 cm³/mol. The van der Waals surface area contributed by atoms with Gasteiger partial charge in [0.15, 0.2) is 23.0 Å². The van der Waals surface area contributed by atoms with Crippen LogP contribution in [-0.2, 0) is 19.7 Å². The maximum Gasteiger partial charge on any atom is 0.251 e. The van der Waals surface area contributed by atoms with Crippen LogP contribution in [0.4, 0.5) is 0 Å². The second-order valence-electron chi connectivity index (χ2n) is 9.44. The fourth-order valence-electron chi connectivity index (χ4n) is 4.92. The van der Waals surface area contributed by atoms with Crippen molar-refractivity contribution in [1.29, 1.82) is 0 Å². The summed E-state index contributed by atoms with van der Waals surface area (Å²) in [6.45, 7) is 4.85. The molecule has 6 rings (SSSR count). The van der Waals surface area contributed by atoms with Gasteiger partial charge in [-0.3, -0.25) is 9.69 Å². The van der Waals surface area contributed by atoms with E-state index in [9.17, 15) is 4.79 Å². The number of hydrogen-bond acceptors (Lipinski definition) is 8. The molecule has 37 heavy (non-hydrogen) atoms. The monoisotopic (exact) mass is 507 g/mol. The van der Waals surface area contributed by atoms with E-state index in [1.807, 2.05) is 18.3 Å². The molecule has 0 spiro atoms. The van der Waals surface area contributed by atoms with Crippen molar-refractivity contribution >= 4 is 5.91 Å². The molecule has 1 amide bonds. The lowest BCUT2D eigenvalue weighted by Crippen LogP contribution is -2.48. The first kappa shape index (κ1) is 24.9. The molecule has 3 aromatic rings. The molecule has 3 aliphatic rings. The molecule has 196 valence electrons. The van der Waals surface area contributed by atoms with Gasteiger partial charge in [-0.25, -0.2) is 4.68 Å². The Hall–Kier alpha value is -3.79. The third-order valence-corrected chi connectivity index (χ3v) is 6.96. The summed E-state index contributed by atoms with van der Waals surface area (Å²) in [7, 11) is 3.23. The second kappa shape index (κ2) is 11.1. The van der Waals surface area contributed by atoms with Crippen LogP contribution in [0.5, 0.6) is 23.0 Å². The summed E-state index contributed by atoms with van der Waals surface area (Å²) in [5.74, 6) is 2.37. The minimum absolute atomic E-state index is 0.0930. The highest BCUT2D eigenvalue weighted by Crippen LogP contribution is 2.34. The highest BCUT2D eigenvalue weighted by Gasteiger charge is 2.28. The molecule has 3 atom stereocenters. The van der Waals surface area contributed by atoms with Crippen molar-refractivity contribution in [2.45, 2.75) is 51.5 Å². The summed E-state index contributed by atoms with van der Waals surface area (Å²) in [6, 6.07) is 11.6. The maximum atomic E-state index is 13.1. The third-order valence-electron chi connectivity index (χ3n) is 6.96. The molecule has 1 fully saturated rings. The maximum absolute atomic E-state index is 13.1. The molecule has 6 bridgehead atoms. The molecule has 4 heterocycles. The van der Waals surface area contributed by atoms with Crippen LogP contribution in [-0.4, -0.2) is 65.3 Å². The van der Waals surface area contributed by atoms with Gasteiger partial charge in [0, 0.05) is 36.3 Å². The summed E-state index contributed by atoms with van der Waals surface area (Å²) in [4.78, 5) is 15.5. The SMILES string of the molecule is COc1ccc2cc1OCCn1cc(nn1)COc1c(cccc1OC)CN1CC[C@@H](C[C@H]1C)NC2=O. The standard InChI is InChI=1S/C27H33N5O5/c1-18-13-21-9-10-31(18)15-20-5-4-6-24(35-3)26(20)37-17-22-16-32(30-29-22)11-12-36-25-14-19(27(33)28-21)7-8-23(25)34-2/h4-8,14,16,18,21H,9-13,15,17H2,1-3H3,(H,28,33)/t18-,21+/m1/s1. The van der Waals surface area contributed by atoms with E-state index in [1.54, 1.807) is 37.1 Å². The van der Waals surface area contributed by atoms with Gasteiger partial charge < -0.3 is 24.3 Å². The lowest BCUT2D eigenvalue weighted by atomic mass is 9.97. The van der Waals surface area contributed by atoms with Crippen LogP contribution in [0.25, 0.3) is 0 Å². The topological polar surface area (TPSA) is 100.0 Å². The number of piperidine rings is 1. The Labute approximate surface area is 216 Å². The smallest absolute Gasteiger partial charge is 0.251 e. The number of aromatic nitrogens is 3. The molecule has 2 aromatic carbocycles. The zero-order valence-corrected chi connectivity index (χ0v) is 21.5. The van der Waals surface area contributed by atoms with E-state index < -0.39 is 0 Å². The lowest BCUT2D eigenvalue weighted by Gasteiger charge is -2.38. The first-order valence-electron chi connectivity index (χ1n) is 12.6. The van der Waals surface area contributed by atoms with Crippen molar-refractivity contribution in [2.24, 2.45) is 0 Å². The number of nitrogens with zero attached hydrogens (tertiary/aromatic N) is 4. The fraction of sp³-hybridized carbons (Fsp3) is 0.444. The third kappa shape index (κ3) is 5.64. The van der Waals surface area contributed by atoms with Gasteiger partial charge >= 0.3 is 0 Å². The number of fused-ring (bicyclic) bond motifs is 6. The quantitative estimate of drug-likeness (QED) is 0.565. The lowest BCUT2D eigenvalue weighted by molar-refractivity contribution is 0.0864. The van der Waals surface area contributed by atoms with Gasteiger partial charge in [0.1, 0.15) is 18.9 Å². The number of carbonyl (C=O) groups excluding carboxylic acids is 1. The average molecular weight is 508 g/mol.